The van der Waals surface area contributed by atoms with Gasteiger partial charge in [-0.25, -0.2) is 9.18 Å². The van der Waals surface area contributed by atoms with Crippen molar-refractivity contribution in [2.75, 3.05) is 23.4 Å². The minimum atomic E-state index is -0.388. The Morgan fingerprint density at radius 2 is 1.96 bits per heavy atom. The van der Waals surface area contributed by atoms with E-state index in [1.54, 1.807) is 43.3 Å². The Labute approximate surface area is 158 Å². The van der Waals surface area contributed by atoms with Crippen molar-refractivity contribution in [1.82, 2.24) is 0 Å². The maximum absolute atomic E-state index is 13.5. The number of hydrogen-bond donors (Lipinski definition) is 1. The van der Waals surface area contributed by atoms with Crippen molar-refractivity contribution in [2.24, 2.45) is 0 Å². The molecule has 2 aromatic rings. The number of rotatable bonds is 5. The number of aryl methyl sites for hydroxylation is 1. The molecule has 5 nitrogen and oxygen atoms in total. The molecule has 1 atom stereocenters. The lowest BCUT2D eigenvalue weighted by Crippen LogP contribution is -2.42. The van der Waals surface area contributed by atoms with Gasteiger partial charge in [0, 0.05) is 17.4 Å². The zero-order valence-corrected chi connectivity index (χ0v) is 15.5. The van der Waals surface area contributed by atoms with Crippen LogP contribution in [0, 0.1) is 5.82 Å². The van der Waals surface area contributed by atoms with Crippen molar-refractivity contribution in [3.05, 3.63) is 59.4 Å². The first kappa shape index (κ1) is 18.9. The molecular weight excluding hydrogens is 347 g/mol. The summed E-state index contributed by atoms with van der Waals surface area (Å²) in [5.74, 6) is -0.807. The fraction of sp³-hybridized carbons (Fsp3) is 0.333. The fourth-order valence-corrected chi connectivity index (χ4v) is 3.29. The molecule has 1 N–H and O–H groups in total. The molecule has 1 aliphatic heterocycles. The topological polar surface area (TPSA) is 58.6 Å². The highest BCUT2D eigenvalue weighted by atomic mass is 19.1. The Kier molecular flexibility index (Phi) is 5.74. The van der Waals surface area contributed by atoms with E-state index in [1.165, 1.54) is 6.07 Å². The molecular formula is C21H23FN2O3. The third kappa shape index (κ3) is 4.45. The van der Waals surface area contributed by atoms with Crippen molar-refractivity contribution in [3.8, 4) is 0 Å². The minimum Gasteiger partial charge on any atom is -0.462 e. The predicted octanol–water partition coefficient (Wildman–Crippen LogP) is 3.78. The molecule has 0 aliphatic carbocycles. The molecule has 0 spiro atoms. The van der Waals surface area contributed by atoms with Gasteiger partial charge in [0.1, 0.15) is 5.82 Å². The molecule has 1 unspecified atom stereocenters. The van der Waals surface area contributed by atoms with Gasteiger partial charge in [-0.3, -0.25) is 4.79 Å². The Hall–Kier alpha value is -2.89. The van der Waals surface area contributed by atoms with Crippen LogP contribution < -0.4 is 10.2 Å². The maximum Gasteiger partial charge on any atom is 0.338 e. The number of anilines is 2. The first-order valence-electron chi connectivity index (χ1n) is 9.10. The molecule has 0 aromatic heterocycles. The quantitative estimate of drug-likeness (QED) is 0.814. The number of halogens is 1. The van der Waals surface area contributed by atoms with Crippen LogP contribution in [0.3, 0.4) is 0 Å². The van der Waals surface area contributed by atoms with Crippen molar-refractivity contribution in [3.63, 3.8) is 0 Å². The summed E-state index contributed by atoms with van der Waals surface area (Å²) in [6, 6.07) is 11.5. The van der Waals surface area contributed by atoms with Crippen LogP contribution >= 0.6 is 0 Å². The molecule has 0 saturated heterocycles. The summed E-state index contributed by atoms with van der Waals surface area (Å²) >= 11 is 0. The average Bonchev–Trinajstić information content (AvgIpc) is 2.65. The van der Waals surface area contributed by atoms with Crippen molar-refractivity contribution in [1.29, 1.82) is 0 Å². The lowest BCUT2D eigenvalue weighted by Gasteiger charge is -2.36. The number of fused-ring (bicyclic) bond motifs is 1. The summed E-state index contributed by atoms with van der Waals surface area (Å²) < 4.78 is 18.4. The molecule has 3 rings (SSSR count). The highest BCUT2D eigenvalue weighted by molar-refractivity contribution is 5.95. The molecule has 2 aromatic carbocycles. The molecule has 1 amide bonds. The summed E-state index contributed by atoms with van der Waals surface area (Å²) in [6.45, 7) is 4.31. The van der Waals surface area contributed by atoms with Gasteiger partial charge < -0.3 is 15.0 Å². The Morgan fingerprint density at radius 3 is 2.67 bits per heavy atom. The van der Waals surface area contributed by atoms with Crippen LogP contribution in [0.25, 0.3) is 0 Å². The molecule has 6 heteroatoms. The number of carbonyl (C=O) groups excluding carboxylic acids is 2. The van der Waals surface area contributed by atoms with E-state index >= 15 is 0 Å². The number of nitrogens with one attached hydrogen (secondary N) is 1. The van der Waals surface area contributed by atoms with E-state index in [1.807, 2.05) is 4.90 Å². The summed E-state index contributed by atoms with van der Waals surface area (Å²) in [7, 11) is 0. The third-order valence-corrected chi connectivity index (χ3v) is 4.71. The van der Waals surface area contributed by atoms with Gasteiger partial charge in [-0.2, -0.15) is 0 Å². The van der Waals surface area contributed by atoms with Crippen LogP contribution in [0.4, 0.5) is 15.8 Å². The van der Waals surface area contributed by atoms with Gasteiger partial charge in [0.25, 0.3) is 0 Å². The highest BCUT2D eigenvalue weighted by Gasteiger charge is 2.25. The van der Waals surface area contributed by atoms with E-state index in [2.05, 4.69) is 12.2 Å². The molecule has 1 heterocycles. The second-order valence-corrected chi connectivity index (χ2v) is 6.63. The van der Waals surface area contributed by atoms with Crippen molar-refractivity contribution in [2.45, 2.75) is 32.7 Å². The van der Waals surface area contributed by atoms with Crippen LogP contribution in [0.15, 0.2) is 42.5 Å². The molecule has 0 saturated carbocycles. The Bertz CT molecular complexity index is 836. The van der Waals surface area contributed by atoms with E-state index in [0.29, 0.717) is 17.9 Å². The van der Waals surface area contributed by atoms with Crippen LogP contribution in [-0.2, 0) is 16.0 Å². The number of benzene rings is 2. The van der Waals surface area contributed by atoms with Gasteiger partial charge in [0.2, 0.25) is 5.91 Å². The number of hydrogen-bond acceptors (Lipinski definition) is 4. The Balaban J connectivity index is 1.67. The van der Waals surface area contributed by atoms with Gasteiger partial charge in [0.05, 0.1) is 18.7 Å². The molecule has 0 radical (unpaired) electrons. The SMILES string of the molecule is CCOC(=O)c1ccc(NC(=O)CN2c3ccc(F)cc3CCC2C)cc1. The number of nitrogens with zero attached hydrogens (tertiary/aromatic N) is 1. The number of esters is 1. The van der Waals surface area contributed by atoms with E-state index in [4.69, 9.17) is 4.74 Å². The van der Waals surface area contributed by atoms with Gasteiger partial charge in [-0.05, 0) is 74.7 Å². The van der Waals surface area contributed by atoms with Gasteiger partial charge in [-0.15, -0.1) is 0 Å². The zero-order chi connectivity index (χ0) is 19.4. The van der Waals surface area contributed by atoms with Crippen LogP contribution in [0.1, 0.15) is 36.2 Å². The van der Waals surface area contributed by atoms with Crippen LogP contribution in [-0.4, -0.2) is 31.1 Å². The van der Waals surface area contributed by atoms with E-state index in [9.17, 15) is 14.0 Å². The van der Waals surface area contributed by atoms with E-state index in [0.717, 1.165) is 24.1 Å². The van der Waals surface area contributed by atoms with Crippen molar-refractivity contribution < 1.29 is 18.7 Å². The number of amides is 1. The lowest BCUT2D eigenvalue weighted by molar-refractivity contribution is -0.115. The first-order valence-corrected chi connectivity index (χ1v) is 9.10. The number of ether oxygens (including phenoxy) is 1. The fourth-order valence-electron chi connectivity index (χ4n) is 3.29. The largest absolute Gasteiger partial charge is 0.462 e. The van der Waals surface area contributed by atoms with Gasteiger partial charge in [0.15, 0.2) is 0 Å². The maximum atomic E-state index is 13.5. The summed E-state index contributed by atoms with van der Waals surface area (Å²) in [5, 5.41) is 2.84. The lowest BCUT2D eigenvalue weighted by atomic mass is 9.96. The average molecular weight is 370 g/mol. The third-order valence-electron chi connectivity index (χ3n) is 4.71. The smallest absolute Gasteiger partial charge is 0.338 e. The summed E-state index contributed by atoms with van der Waals surface area (Å²) in [5.41, 5.74) is 2.88. The normalized spacial score (nSPS) is 15.8. The monoisotopic (exact) mass is 370 g/mol. The second kappa shape index (κ2) is 8.20. The molecule has 1 aliphatic rings. The van der Waals surface area contributed by atoms with Crippen LogP contribution in [0.2, 0.25) is 0 Å². The predicted molar refractivity (Wildman–Crippen MR) is 103 cm³/mol. The van der Waals surface area contributed by atoms with Gasteiger partial charge in [-0.1, -0.05) is 0 Å². The van der Waals surface area contributed by atoms with Crippen molar-refractivity contribution >= 4 is 23.3 Å². The Morgan fingerprint density at radius 1 is 1.22 bits per heavy atom. The first-order chi connectivity index (χ1) is 13.0. The summed E-state index contributed by atoms with van der Waals surface area (Å²) in [6.07, 6.45) is 1.68. The van der Waals surface area contributed by atoms with E-state index < -0.39 is 0 Å². The molecule has 0 bridgehead atoms. The molecule has 0 fully saturated rings. The van der Waals surface area contributed by atoms with E-state index in [-0.39, 0.29) is 30.3 Å². The summed E-state index contributed by atoms with van der Waals surface area (Å²) in [4.78, 5) is 26.2. The highest BCUT2D eigenvalue weighted by Crippen LogP contribution is 2.31. The zero-order valence-electron chi connectivity index (χ0n) is 15.5. The second-order valence-electron chi connectivity index (χ2n) is 6.63. The number of carbonyl (C=O) groups is 2. The van der Waals surface area contributed by atoms with Gasteiger partial charge >= 0.3 is 5.97 Å². The van der Waals surface area contributed by atoms with Crippen LogP contribution in [0.5, 0.6) is 0 Å². The molecule has 142 valence electrons. The minimum absolute atomic E-state index is 0.164. The molecule has 27 heavy (non-hydrogen) atoms. The standard InChI is InChI=1S/C21H23FN2O3/c1-3-27-21(26)15-6-9-18(10-7-15)23-20(25)13-24-14(2)4-5-16-12-17(22)8-11-19(16)24/h6-12,14H,3-5,13H2,1-2H3,(H,23,25).